The number of sulfonamides is 1. The third-order valence-electron chi connectivity index (χ3n) is 4.99. The zero-order chi connectivity index (χ0) is 18.1. The van der Waals surface area contributed by atoms with Crippen LogP contribution in [-0.4, -0.2) is 67.7 Å². The van der Waals surface area contributed by atoms with Crippen LogP contribution in [0.4, 0.5) is 0 Å². The van der Waals surface area contributed by atoms with E-state index in [9.17, 15) is 8.42 Å². The van der Waals surface area contributed by atoms with Crippen LogP contribution in [0.25, 0.3) is 0 Å². The molecule has 2 fully saturated rings. The Hall–Kier alpha value is -1.33. The Kier molecular flexibility index (Phi) is 5.11. The van der Waals surface area contributed by atoms with Gasteiger partial charge in [0, 0.05) is 26.7 Å². The molecule has 1 atom stereocenters. The molecule has 0 saturated carbocycles. The highest BCUT2D eigenvalue weighted by atomic mass is 32.2. The fourth-order valence-corrected chi connectivity index (χ4v) is 6.14. The maximum atomic E-state index is 12.5. The molecule has 0 radical (unpaired) electrons. The summed E-state index contributed by atoms with van der Waals surface area (Å²) in [6.07, 6.45) is 2.09. The fourth-order valence-electron chi connectivity index (χ4n) is 3.47. The predicted molar refractivity (Wildman–Crippen MR) is 95.5 cm³/mol. The van der Waals surface area contributed by atoms with Crippen molar-refractivity contribution in [1.29, 1.82) is 0 Å². The number of thiophene rings is 1. The van der Waals surface area contributed by atoms with E-state index >= 15 is 0 Å². The molecule has 0 amide bonds. The molecule has 8 nitrogen and oxygen atoms in total. The summed E-state index contributed by atoms with van der Waals surface area (Å²) in [5.41, 5.74) is 0. The Balaban J connectivity index is 1.39. The molecule has 2 saturated heterocycles. The molecular formula is C16H22N4O4S2. The summed E-state index contributed by atoms with van der Waals surface area (Å²) < 4.78 is 37.4. The Morgan fingerprint density at radius 2 is 2.27 bits per heavy atom. The Morgan fingerprint density at radius 1 is 1.42 bits per heavy atom. The van der Waals surface area contributed by atoms with Crippen molar-refractivity contribution in [2.45, 2.75) is 29.0 Å². The third kappa shape index (κ3) is 3.31. The number of hydrogen-bond acceptors (Lipinski definition) is 8. The van der Waals surface area contributed by atoms with Crippen LogP contribution >= 0.6 is 11.3 Å². The van der Waals surface area contributed by atoms with Gasteiger partial charge in [-0.15, -0.1) is 11.3 Å². The van der Waals surface area contributed by atoms with Gasteiger partial charge in [0.1, 0.15) is 4.21 Å². The summed E-state index contributed by atoms with van der Waals surface area (Å²) in [6, 6.07) is 3.52. The smallest absolute Gasteiger partial charge is 0.252 e. The van der Waals surface area contributed by atoms with E-state index in [4.69, 9.17) is 9.26 Å². The summed E-state index contributed by atoms with van der Waals surface area (Å²) in [5, 5.41) is 5.88. The van der Waals surface area contributed by atoms with Crippen molar-refractivity contribution in [1.82, 2.24) is 19.3 Å². The Morgan fingerprint density at radius 3 is 3.00 bits per heavy atom. The molecule has 4 heterocycles. The summed E-state index contributed by atoms with van der Waals surface area (Å²) in [7, 11) is -1.69. The van der Waals surface area contributed by atoms with Gasteiger partial charge in [-0.25, -0.2) is 8.42 Å². The monoisotopic (exact) mass is 398 g/mol. The van der Waals surface area contributed by atoms with Crippen molar-refractivity contribution in [2.75, 3.05) is 39.9 Å². The molecule has 1 unspecified atom stereocenters. The summed E-state index contributed by atoms with van der Waals surface area (Å²) in [4.78, 5) is 6.87. The molecule has 2 aromatic rings. The summed E-state index contributed by atoms with van der Waals surface area (Å²) >= 11 is 1.24. The van der Waals surface area contributed by atoms with E-state index in [2.05, 4.69) is 15.0 Å². The minimum absolute atomic E-state index is 0.00364. The molecule has 0 N–H and O–H groups in total. The highest BCUT2D eigenvalue weighted by Crippen LogP contribution is 2.34. The van der Waals surface area contributed by atoms with Crippen LogP contribution in [0.1, 0.15) is 36.5 Å². The van der Waals surface area contributed by atoms with Crippen molar-refractivity contribution in [2.24, 2.45) is 0 Å². The standard InChI is InChI=1S/C16H22N4O4S2/c1-23-8-7-19-6-2-4-13(19)16-17-15(18-24-16)12-10-20(11-12)26(21,22)14-5-3-9-25-14/h3,5,9,12-13H,2,4,6-8,10-11H2,1H3. The lowest BCUT2D eigenvalue weighted by atomic mass is 10.0. The SMILES string of the molecule is COCCN1CCCC1c1nc(C2CN(S(=O)(=O)c3cccs3)C2)no1. The molecule has 10 heteroatoms. The first-order valence-electron chi connectivity index (χ1n) is 8.69. The van der Waals surface area contributed by atoms with Gasteiger partial charge in [-0.3, -0.25) is 4.90 Å². The van der Waals surface area contributed by atoms with Gasteiger partial charge < -0.3 is 9.26 Å². The molecule has 0 aromatic carbocycles. The number of methoxy groups -OCH3 is 1. The first kappa shape index (κ1) is 18.1. The van der Waals surface area contributed by atoms with Gasteiger partial charge in [0.05, 0.1) is 18.6 Å². The summed E-state index contributed by atoms with van der Waals surface area (Å²) in [5.74, 6) is 1.24. The molecule has 0 spiro atoms. The third-order valence-corrected chi connectivity index (χ3v) is 8.20. The predicted octanol–water partition coefficient (Wildman–Crippen LogP) is 1.70. The molecule has 4 rings (SSSR count). The van der Waals surface area contributed by atoms with Crippen LogP contribution in [0.5, 0.6) is 0 Å². The lowest BCUT2D eigenvalue weighted by Crippen LogP contribution is -2.48. The highest BCUT2D eigenvalue weighted by Gasteiger charge is 2.41. The van der Waals surface area contributed by atoms with Crippen molar-refractivity contribution >= 4 is 21.4 Å². The molecule has 2 aliphatic heterocycles. The number of likely N-dealkylation sites (tertiary alicyclic amines) is 1. The lowest BCUT2D eigenvalue weighted by molar-refractivity contribution is 0.129. The molecule has 26 heavy (non-hydrogen) atoms. The minimum Gasteiger partial charge on any atom is -0.383 e. The van der Waals surface area contributed by atoms with Crippen molar-refractivity contribution in [3.63, 3.8) is 0 Å². The molecule has 0 bridgehead atoms. The van der Waals surface area contributed by atoms with Crippen LogP contribution in [0, 0.1) is 0 Å². The molecule has 2 aliphatic rings. The second kappa shape index (κ2) is 7.35. The number of hydrogen-bond donors (Lipinski definition) is 0. The van der Waals surface area contributed by atoms with Gasteiger partial charge in [0.2, 0.25) is 5.89 Å². The van der Waals surface area contributed by atoms with Gasteiger partial charge in [-0.05, 0) is 30.8 Å². The average Bonchev–Trinajstić information content (AvgIpc) is 3.31. The van der Waals surface area contributed by atoms with Gasteiger partial charge in [-0.2, -0.15) is 9.29 Å². The Bertz CT molecular complexity index is 830. The minimum atomic E-state index is -3.38. The maximum absolute atomic E-state index is 12.5. The second-order valence-corrected chi connectivity index (χ2v) is 9.74. The zero-order valence-corrected chi connectivity index (χ0v) is 16.2. The number of rotatable bonds is 7. The van der Waals surface area contributed by atoms with E-state index in [1.54, 1.807) is 24.6 Å². The van der Waals surface area contributed by atoms with Crippen LogP contribution in [0.15, 0.2) is 26.2 Å². The second-order valence-electron chi connectivity index (χ2n) is 6.63. The first-order chi connectivity index (χ1) is 12.6. The molecule has 2 aromatic heterocycles. The van der Waals surface area contributed by atoms with Crippen LogP contribution < -0.4 is 0 Å². The number of ether oxygens (including phenoxy) is 1. The topological polar surface area (TPSA) is 88.8 Å². The van der Waals surface area contributed by atoms with Crippen LogP contribution in [0.2, 0.25) is 0 Å². The van der Waals surface area contributed by atoms with Crippen molar-refractivity contribution < 1.29 is 17.7 Å². The number of aromatic nitrogens is 2. The van der Waals surface area contributed by atoms with Gasteiger partial charge >= 0.3 is 0 Å². The van der Waals surface area contributed by atoms with E-state index in [1.807, 2.05) is 0 Å². The maximum Gasteiger partial charge on any atom is 0.252 e. The quantitative estimate of drug-likeness (QED) is 0.701. The van der Waals surface area contributed by atoms with Gasteiger partial charge in [-0.1, -0.05) is 11.2 Å². The van der Waals surface area contributed by atoms with Crippen LogP contribution in [0.3, 0.4) is 0 Å². The normalized spacial score (nSPS) is 22.7. The summed E-state index contributed by atoms with van der Waals surface area (Å²) in [6.45, 7) is 3.32. The van der Waals surface area contributed by atoms with Gasteiger partial charge in [0.15, 0.2) is 5.82 Å². The lowest BCUT2D eigenvalue weighted by Gasteiger charge is -2.35. The van der Waals surface area contributed by atoms with E-state index < -0.39 is 10.0 Å². The highest BCUT2D eigenvalue weighted by molar-refractivity contribution is 7.91. The van der Waals surface area contributed by atoms with E-state index in [1.165, 1.54) is 15.6 Å². The number of nitrogens with zero attached hydrogens (tertiary/aromatic N) is 4. The van der Waals surface area contributed by atoms with E-state index in [0.29, 0.717) is 35.6 Å². The largest absolute Gasteiger partial charge is 0.383 e. The molecule has 0 aliphatic carbocycles. The molecular weight excluding hydrogens is 376 g/mol. The van der Waals surface area contributed by atoms with E-state index in [-0.39, 0.29) is 12.0 Å². The van der Waals surface area contributed by atoms with Crippen molar-refractivity contribution in [3.05, 3.63) is 29.2 Å². The fraction of sp³-hybridized carbons (Fsp3) is 0.625. The zero-order valence-electron chi connectivity index (χ0n) is 14.6. The first-order valence-corrected chi connectivity index (χ1v) is 11.0. The average molecular weight is 399 g/mol. The van der Waals surface area contributed by atoms with Crippen molar-refractivity contribution in [3.8, 4) is 0 Å². The van der Waals surface area contributed by atoms with E-state index in [0.717, 1.165) is 25.9 Å². The molecule has 142 valence electrons. The van der Waals surface area contributed by atoms with Gasteiger partial charge in [0.25, 0.3) is 10.0 Å². The van der Waals surface area contributed by atoms with Crippen LogP contribution in [-0.2, 0) is 14.8 Å². The Labute approximate surface area is 156 Å².